The van der Waals surface area contributed by atoms with Crippen LogP contribution in [-0.4, -0.2) is 51.5 Å². The van der Waals surface area contributed by atoms with Crippen molar-refractivity contribution in [2.24, 2.45) is 30.7 Å². The van der Waals surface area contributed by atoms with Gasteiger partial charge < -0.3 is 21.1 Å². The molecule has 2 aliphatic rings. The van der Waals surface area contributed by atoms with E-state index in [1.54, 1.807) is 62.4 Å². The third kappa shape index (κ3) is 9.37. The average Bonchev–Trinajstić information content (AvgIpc) is 3.55. The first-order valence-electron chi connectivity index (χ1n) is 14.5. The van der Waals surface area contributed by atoms with Crippen LogP contribution in [-0.2, 0) is 46.7 Å². The van der Waals surface area contributed by atoms with Crippen LogP contribution in [0.15, 0.2) is 139 Å². The van der Waals surface area contributed by atoms with Gasteiger partial charge in [0.2, 0.25) is 20.0 Å². The van der Waals surface area contributed by atoms with Crippen molar-refractivity contribution in [3.05, 3.63) is 120 Å². The number of carbonyl (C=O) groups is 2. The number of hydrogen-bond donors (Lipinski definition) is 2. The summed E-state index contributed by atoms with van der Waals surface area (Å²) in [7, 11) is -7.53. The monoisotopic (exact) mass is 775 g/mol. The molecule has 0 saturated heterocycles. The number of primary sulfonamides is 2. The molecule has 2 heterocycles. The Morgan fingerprint density at radius 2 is 0.863 bits per heavy atom. The van der Waals surface area contributed by atoms with E-state index >= 15 is 0 Å². The van der Waals surface area contributed by atoms with Gasteiger partial charge in [0.15, 0.2) is 0 Å². The summed E-state index contributed by atoms with van der Waals surface area (Å²) >= 11 is 0. The van der Waals surface area contributed by atoms with Crippen molar-refractivity contribution < 1.29 is 43.5 Å². The fourth-order valence-corrected chi connectivity index (χ4v) is 5.37. The van der Waals surface area contributed by atoms with Crippen LogP contribution in [0.3, 0.4) is 0 Å². The number of hydrogen-bond acceptors (Lipinski definition) is 10. The molecule has 4 aromatic rings. The maximum atomic E-state index is 12.4. The van der Waals surface area contributed by atoms with Gasteiger partial charge in [-0.1, -0.05) is 60.7 Å². The van der Waals surface area contributed by atoms with Crippen LogP contribution in [0, 0.1) is 0 Å². The van der Waals surface area contributed by atoms with Gasteiger partial charge in [-0.2, -0.15) is 20.2 Å². The minimum atomic E-state index is -3.76. The number of benzene rings is 4. The molecule has 0 aromatic heterocycles. The van der Waals surface area contributed by atoms with Gasteiger partial charge in [0.1, 0.15) is 11.4 Å². The van der Waals surface area contributed by atoms with E-state index in [0.717, 1.165) is 0 Å². The summed E-state index contributed by atoms with van der Waals surface area (Å²) in [5.41, 5.74) is 11.1. The van der Waals surface area contributed by atoms with Crippen molar-refractivity contribution in [3.63, 3.8) is 0 Å². The summed E-state index contributed by atoms with van der Waals surface area (Å²) in [5.74, 6) is -0.762. The number of rotatable bonds is 8. The van der Waals surface area contributed by atoms with Gasteiger partial charge in [0.05, 0.1) is 32.6 Å². The molecular formula is C32H28CuN10O6S2. The van der Waals surface area contributed by atoms with Crippen molar-refractivity contribution in [1.29, 1.82) is 0 Å². The summed E-state index contributed by atoms with van der Waals surface area (Å²) in [4.78, 5) is 24.8. The number of nitrogens with zero attached hydrogens (tertiary/aromatic N) is 8. The minimum Gasteiger partial charge on any atom is -0.575 e. The van der Waals surface area contributed by atoms with E-state index in [0.29, 0.717) is 34.2 Å². The average molecular weight is 776 g/mol. The maximum absolute atomic E-state index is 12.4. The number of hydrazone groups is 2. The molecule has 0 unspecified atom stereocenters. The van der Waals surface area contributed by atoms with E-state index in [1.165, 1.54) is 58.5 Å². The molecule has 265 valence electrons. The summed E-state index contributed by atoms with van der Waals surface area (Å²) in [6.45, 7) is 3.33. The Labute approximate surface area is 304 Å². The second kappa shape index (κ2) is 16.0. The molecular weight excluding hydrogens is 748 g/mol. The first-order chi connectivity index (χ1) is 23.7. The predicted octanol–water partition coefficient (Wildman–Crippen LogP) is 4.23. The molecule has 4 N–H and O–H groups in total. The van der Waals surface area contributed by atoms with E-state index in [1.807, 2.05) is 12.1 Å². The Morgan fingerprint density at radius 3 is 1.16 bits per heavy atom. The van der Waals surface area contributed by atoms with Crippen molar-refractivity contribution in [2.75, 3.05) is 10.0 Å². The van der Waals surface area contributed by atoms with Gasteiger partial charge >= 0.3 is 17.1 Å². The first-order valence-corrected chi connectivity index (χ1v) is 17.5. The van der Waals surface area contributed by atoms with Crippen molar-refractivity contribution in [1.82, 2.24) is 0 Å². The Bertz CT molecular complexity index is 2100. The van der Waals surface area contributed by atoms with E-state index in [4.69, 9.17) is 10.3 Å². The Balaban J connectivity index is 0.000000224. The Hall–Kier alpha value is -5.56. The van der Waals surface area contributed by atoms with Crippen LogP contribution >= 0.6 is 0 Å². The molecule has 19 heteroatoms. The van der Waals surface area contributed by atoms with E-state index in [2.05, 4.69) is 31.3 Å². The summed E-state index contributed by atoms with van der Waals surface area (Å²) in [6.07, 6.45) is 0. The zero-order chi connectivity index (χ0) is 36.1. The molecule has 51 heavy (non-hydrogen) atoms. The van der Waals surface area contributed by atoms with Crippen molar-refractivity contribution >= 4 is 77.5 Å². The molecule has 4 aromatic carbocycles. The zero-order valence-corrected chi connectivity index (χ0v) is 29.3. The molecule has 0 saturated carbocycles. The largest absolute Gasteiger partial charge is 2.00 e. The second-order valence-electron chi connectivity index (χ2n) is 10.5. The van der Waals surface area contributed by atoms with Gasteiger partial charge in [-0.3, -0.25) is 9.59 Å². The van der Waals surface area contributed by atoms with Crippen molar-refractivity contribution in [2.45, 2.75) is 23.6 Å². The molecule has 0 bridgehead atoms. The van der Waals surface area contributed by atoms with E-state index in [-0.39, 0.29) is 50.1 Å². The van der Waals surface area contributed by atoms with Crippen molar-refractivity contribution in [3.8, 4) is 0 Å². The van der Waals surface area contributed by atoms with Gasteiger partial charge in [-0.25, -0.2) is 27.1 Å². The molecule has 0 aliphatic carbocycles. The quantitative estimate of drug-likeness (QED) is 0.196. The first kappa shape index (κ1) is 38.2. The summed E-state index contributed by atoms with van der Waals surface area (Å²) in [5, 5.41) is 28.9. The van der Waals surface area contributed by atoms with Crippen LogP contribution in [0.25, 0.3) is 10.9 Å². The van der Waals surface area contributed by atoms with Crippen LogP contribution in [0.4, 0.5) is 22.7 Å². The van der Waals surface area contributed by atoms with Crippen LogP contribution in [0.1, 0.15) is 13.8 Å². The van der Waals surface area contributed by atoms with E-state index in [9.17, 15) is 26.4 Å². The third-order valence-electron chi connectivity index (χ3n) is 6.84. The fourth-order valence-electron chi connectivity index (χ4n) is 4.33. The maximum Gasteiger partial charge on any atom is 2.00 e. The van der Waals surface area contributed by atoms with Gasteiger partial charge in [-0.15, -0.1) is 11.4 Å². The molecule has 16 nitrogen and oxygen atoms in total. The molecule has 1 radical (unpaired) electrons. The number of anilines is 2. The molecule has 0 spiro atoms. The standard InChI is InChI=1S/2C16H15N5O3S.Cu/c2*1-11-15(16(22)21(20-11)13-5-3-2-4-6-13)19-18-12-7-9-14(10-8-12)25(17,23)24;/h2*2-10H,1H3,(H3,17,18,20,22,23,24);/q;;+2/p-2. The number of sulfonamides is 2. The molecule has 0 fully saturated rings. The van der Waals surface area contributed by atoms with E-state index < -0.39 is 20.0 Å². The Kier molecular flexibility index (Phi) is 12.0. The molecule has 2 aliphatic heterocycles. The number of amides is 2. The number of nitrogens with two attached hydrogens (primary N) is 2. The van der Waals surface area contributed by atoms with Gasteiger partial charge in [-0.05, 0) is 62.4 Å². The van der Waals surface area contributed by atoms with Crippen LogP contribution in [0.2, 0.25) is 0 Å². The van der Waals surface area contributed by atoms with Crippen LogP contribution < -0.4 is 20.3 Å². The molecule has 0 atom stereocenters. The summed E-state index contributed by atoms with van der Waals surface area (Å²) in [6, 6.07) is 29.0. The predicted molar refractivity (Wildman–Crippen MR) is 191 cm³/mol. The van der Waals surface area contributed by atoms with Gasteiger partial charge in [0, 0.05) is 0 Å². The third-order valence-corrected chi connectivity index (χ3v) is 8.70. The van der Waals surface area contributed by atoms with Gasteiger partial charge in [0.25, 0.3) is 11.8 Å². The Morgan fingerprint density at radius 1 is 0.549 bits per heavy atom. The minimum absolute atomic E-state index is 0. The number of para-hydroxylation sites is 2. The topological polar surface area (TPSA) is 239 Å². The molecule has 2 amide bonds. The SMILES string of the molecule is CC1=NN(c2ccccc2)C(=O)/C1=N/[N-]c1ccc(S(N)(=O)=O)cc1.CC1=NN(c2ccccc2)C(=O)/C1=N\[N-]c1ccc(S(N)(=O)=O)cc1.[Cu+2]. The normalized spacial score (nSPS) is 15.9. The molecule has 6 rings (SSSR count). The fraction of sp³-hybridized carbons (Fsp3) is 0.0625. The smallest absolute Gasteiger partial charge is 0.575 e. The zero-order valence-electron chi connectivity index (χ0n) is 26.7. The van der Waals surface area contributed by atoms with Crippen LogP contribution in [0.5, 0.6) is 0 Å². The number of carbonyl (C=O) groups excluding carboxylic acids is 2. The second-order valence-corrected chi connectivity index (χ2v) is 13.6. The summed E-state index contributed by atoms with van der Waals surface area (Å²) < 4.78 is 44.9.